The second kappa shape index (κ2) is 8.16. The molecule has 0 saturated carbocycles. The Kier molecular flexibility index (Phi) is 5.20. The summed E-state index contributed by atoms with van der Waals surface area (Å²) in [6.07, 6.45) is 7.06. The molecular weight excluding hydrogens is 388 g/mol. The summed E-state index contributed by atoms with van der Waals surface area (Å²) in [5.41, 5.74) is 2.95. The zero-order valence-electron chi connectivity index (χ0n) is 18.0. The molecule has 2 bridgehead atoms. The molecule has 3 aromatic rings. The maximum atomic E-state index is 8.98. The van der Waals surface area contributed by atoms with Crippen molar-refractivity contribution in [3.05, 3.63) is 35.7 Å². The predicted octanol–water partition coefficient (Wildman–Crippen LogP) is 4.03. The molecule has 0 aliphatic carbocycles. The van der Waals surface area contributed by atoms with E-state index in [0.29, 0.717) is 24.5 Å². The van der Waals surface area contributed by atoms with Gasteiger partial charge in [-0.25, -0.2) is 4.98 Å². The fourth-order valence-electron chi connectivity index (χ4n) is 5.23. The molecule has 8 heteroatoms. The lowest BCUT2D eigenvalue weighted by Gasteiger charge is -2.39. The lowest BCUT2D eigenvalue weighted by Crippen LogP contribution is -2.47. The third-order valence-electron chi connectivity index (χ3n) is 6.66. The number of piperidine rings is 1. The Balaban J connectivity index is 1.42. The molecule has 0 amide bonds. The van der Waals surface area contributed by atoms with Crippen LogP contribution in [0.25, 0.3) is 10.9 Å². The molecule has 5 heterocycles. The van der Waals surface area contributed by atoms with Gasteiger partial charge in [-0.3, -0.25) is 15.0 Å². The first kappa shape index (κ1) is 19.8. The van der Waals surface area contributed by atoms with E-state index in [9.17, 15) is 0 Å². The van der Waals surface area contributed by atoms with Crippen LogP contribution in [0.1, 0.15) is 43.4 Å². The minimum Gasteiger partial charge on any atom is -0.367 e. The van der Waals surface area contributed by atoms with Crippen LogP contribution < -0.4 is 10.6 Å². The molecule has 8 nitrogen and oxygen atoms in total. The summed E-state index contributed by atoms with van der Waals surface area (Å²) in [6, 6.07) is 9.80. The van der Waals surface area contributed by atoms with E-state index in [-0.39, 0.29) is 0 Å². The maximum absolute atomic E-state index is 8.98. The fourth-order valence-corrected chi connectivity index (χ4v) is 5.23. The Morgan fingerprint density at radius 1 is 1.23 bits per heavy atom. The number of aryl methyl sites for hydroxylation is 2. The monoisotopic (exact) mass is 416 g/mol. The number of hydrogen-bond acceptors (Lipinski definition) is 7. The van der Waals surface area contributed by atoms with Crippen molar-refractivity contribution < 1.29 is 0 Å². The van der Waals surface area contributed by atoms with Gasteiger partial charge in [-0.2, -0.15) is 10.4 Å². The molecule has 2 saturated heterocycles. The fraction of sp³-hybridized carbons (Fsp3) is 0.478. The van der Waals surface area contributed by atoms with Gasteiger partial charge in [0.2, 0.25) is 0 Å². The van der Waals surface area contributed by atoms with Crippen molar-refractivity contribution in [1.82, 2.24) is 25.1 Å². The van der Waals surface area contributed by atoms with Crippen LogP contribution in [0, 0.1) is 25.2 Å². The molecule has 31 heavy (non-hydrogen) atoms. The SMILES string of the molecule is Cc1cc(Nc2nc(NC3CC4CCC(C3)N4CCC#N)c3cccnc3c2C)n[nH]1. The van der Waals surface area contributed by atoms with Crippen LogP contribution >= 0.6 is 0 Å². The molecule has 0 spiro atoms. The summed E-state index contributed by atoms with van der Waals surface area (Å²) >= 11 is 0. The van der Waals surface area contributed by atoms with Gasteiger partial charge in [0.05, 0.1) is 11.6 Å². The molecule has 0 radical (unpaired) electrons. The van der Waals surface area contributed by atoms with Crippen LogP contribution in [0.2, 0.25) is 0 Å². The Bertz CT molecular complexity index is 1120. The number of nitriles is 1. The second-order valence-corrected chi connectivity index (χ2v) is 8.74. The number of nitrogens with zero attached hydrogens (tertiary/aromatic N) is 5. The van der Waals surface area contributed by atoms with E-state index in [1.165, 1.54) is 12.8 Å². The molecule has 2 aliphatic rings. The zero-order valence-corrected chi connectivity index (χ0v) is 18.0. The smallest absolute Gasteiger partial charge is 0.153 e. The van der Waals surface area contributed by atoms with E-state index >= 15 is 0 Å². The molecule has 5 rings (SSSR count). The first-order valence-corrected chi connectivity index (χ1v) is 11.1. The number of anilines is 3. The summed E-state index contributed by atoms with van der Waals surface area (Å²) in [6.45, 7) is 4.91. The second-order valence-electron chi connectivity index (χ2n) is 8.74. The molecule has 160 valence electrons. The van der Waals surface area contributed by atoms with Crippen molar-refractivity contribution in [2.75, 3.05) is 17.2 Å². The van der Waals surface area contributed by atoms with Gasteiger partial charge in [0.15, 0.2) is 5.82 Å². The Hall–Kier alpha value is -3.18. The summed E-state index contributed by atoms with van der Waals surface area (Å²) in [7, 11) is 0. The summed E-state index contributed by atoms with van der Waals surface area (Å²) in [5.74, 6) is 2.39. The number of rotatable bonds is 6. The van der Waals surface area contributed by atoms with Gasteiger partial charge in [-0.05, 0) is 51.7 Å². The maximum Gasteiger partial charge on any atom is 0.153 e. The van der Waals surface area contributed by atoms with E-state index < -0.39 is 0 Å². The van der Waals surface area contributed by atoms with Crippen LogP contribution in [0.5, 0.6) is 0 Å². The van der Waals surface area contributed by atoms with Gasteiger partial charge in [-0.15, -0.1) is 0 Å². The van der Waals surface area contributed by atoms with E-state index in [2.05, 4.69) is 42.9 Å². The normalized spacial score (nSPS) is 23.1. The average Bonchev–Trinajstić information content (AvgIpc) is 3.28. The number of fused-ring (bicyclic) bond motifs is 3. The van der Waals surface area contributed by atoms with Crippen LogP contribution in [0.3, 0.4) is 0 Å². The number of aromatic amines is 1. The average molecular weight is 417 g/mol. The zero-order chi connectivity index (χ0) is 21.4. The van der Waals surface area contributed by atoms with Crippen molar-refractivity contribution in [2.45, 2.75) is 64.1 Å². The van der Waals surface area contributed by atoms with Crippen molar-refractivity contribution in [3.63, 3.8) is 0 Å². The topological polar surface area (TPSA) is 106 Å². The minimum atomic E-state index is 0.370. The largest absolute Gasteiger partial charge is 0.367 e. The summed E-state index contributed by atoms with van der Waals surface area (Å²) in [5, 5.41) is 24.4. The summed E-state index contributed by atoms with van der Waals surface area (Å²) in [4.78, 5) is 12.2. The lowest BCUT2D eigenvalue weighted by molar-refractivity contribution is 0.136. The van der Waals surface area contributed by atoms with E-state index in [1.54, 1.807) is 0 Å². The highest BCUT2D eigenvalue weighted by Crippen LogP contribution is 2.38. The highest BCUT2D eigenvalue weighted by atomic mass is 15.2. The van der Waals surface area contributed by atoms with Gasteiger partial charge in [-0.1, -0.05) is 0 Å². The molecule has 3 aromatic heterocycles. The molecule has 2 atom stereocenters. The standard InChI is InChI=1S/C23H28N8/c1-14-11-20(30-29-14)27-22-15(2)21-19(5-3-9-25-21)23(28-22)26-16-12-17-6-7-18(13-16)31(17)10-4-8-24/h3,5,9,11,16-18H,4,6-7,10,12-13H2,1-2H3,(H3,26,27,28,29,30). The van der Waals surface area contributed by atoms with Crippen LogP contribution in [0.15, 0.2) is 24.4 Å². The quantitative estimate of drug-likeness (QED) is 0.557. The first-order chi connectivity index (χ1) is 15.1. The molecule has 0 aromatic carbocycles. The number of hydrogen-bond donors (Lipinski definition) is 3. The van der Waals surface area contributed by atoms with E-state index in [0.717, 1.165) is 59.0 Å². The van der Waals surface area contributed by atoms with Crippen LogP contribution in [-0.4, -0.2) is 49.7 Å². The van der Waals surface area contributed by atoms with Crippen LogP contribution in [-0.2, 0) is 0 Å². The van der Waals surface area contributed by atoms with E-state index in [1.807, 2.05) is 32.2 Å². The third kappa shape index (κ3) is 3.81. The first-order valence-electron chi connectivity index (χ1n) is 11.1. The Morgan fingerprint density at radius 3 is 2.74 bits per heavy atom. The third-order valence-corrected chi connectivity index (χ3v) is 6.66. The number of aromatic nitrogens is 4. The molecule has 2 unspecified atom stereocenters. The van der Waals surface area contributed by atoms with Gasteiger partial charge >= 0.3 is 0 Å². The van der Waals surface area contributed by atoms with Crippen LogP contribution in [0.4, 0.5) is 17.5 Å². The highest BCUT2D eigenvalue weighted by Gasteiger charge is 2.40. The predicted molar refractivity (Wildman–Crippen MR) is 121 cm³/mol. The molecule has 2 aliphatic heterocycles. The van der Waals surface area contributed by atoms with E-state index in [4.69, 9.17) is 10.2 Å². The number of nitrogens with one attached hydrogen (secondary N) is 3. The summed E-state index contributed by atoms with van der Waals surface area (Å²) < 4.78 is 0. The number of H-pyrrole nitrogens is 1. The van der Waals surface area contributed by atoms with Crippen molar-refractivity contribution in [2.24, 2.45) is 0 Å². The van der Waals surface area contributed by atoms with Crippen molar-refractivity contribution in [1.29, 1.82) is 5.26 Å². The Labute approximate surface area is 182 Å². The minimum absolute atomic E-state index is 0.370. The Morgan fingerprint density at radius 2 is 2.03 bits per heavy atom. The van der Waals surface area contributed by atoms with Crippen molar-refractivity contribution in [3.8, 4) is 6.07 Å². The molecule has 3 N–H and O–H groups in total. The highest BCUT2D eigenvalue weighted by molar-refractivity contribution is 5.94. The van der Waals surface area contributed by atoms with Gasteiger partial charge < -0.3 is 10.6 Å². The van der Waals surface area contributed by atoms with Gasteiger partial charge in [0.25, 0.3) is 0 Å². The van der Waals surface area contributed by atoms with Crippen molar-refractivity contribution >= 4 is 28.4 Å². The van der Waals surface area contributed by atoms with Gasteiger partial charge in [0, 0.05) is 60.0 Å². The lowest BCUT2D eigenvalue weighted by atomic mass is 9.96. The number of pyridine rings is 2. The molecule has 2 fully saturated rings. The molecular formula is C23H28N8. The van der Waals surface area contributed by atoms with Gasteiger partial charge in [0.1, 0.15) is 11.6 Å².